The molecule has 18 heavy (non-hydrogen) atoms. The van der Waals surface area contributed by atoms with Crippen LogP contribution in [-0.4, -0.2) is 50.1 Å². The minimum absolute atomic E-state index is 0.132. The van der Waals surface area contributed by atoms with Crippen molar-refractivity contribution >= 4 is 11.9 Å². The number of ether oxygens (including phenoxy) is 1. The Morgan fingerprint density at radius 3 is 2.89 bits per heavy atom. The minimum Gasteiger partial charge on any atom is -0.466 e. The average molecular weight is 256 g/mol. The summed E-state index contributed by atoms with van der Waals surface area (Å²) in [5.41, 5.74) is 0. The van der Waals surface area contributed by atoms with E-state index in [9.17, 15) is 9.59 Å². The van der Waals surface area contributed by atoms with Gasteiger partial charge in [-0.05, 0) is 39.8 Å². The smallest absolute Gasteiger partial charge is 0.310 e. The summed E-state index contributed by atoms with van der Waals surface area (Å²) >= 11 is 0. The molecular weight excluding hydrogens is 232 g/mol. The molecular formula is C13H24N2O3. The number of nitrogens with zero attached hydrogens (tertiary/aromatic N) is 1. The van der Waals surface area contributed by atoms with Crippen LogP contribution in [-0.2, 0) is 14.3 Å². The summed E-state index contributed by atoms with van der Waals surface area (Å²) in [6, 6.07) is 0. The molecule has 5 nitrogen and oxygen atoms in total. The molecule has 1 atom stereocenters. The fourth-order valence-electron chi connectivity index (χ4n) is 2.23. The van der Waals surface area contributed by atoms with E-state index in [0.717, 1.165) is 32.4 Å². The number of nitrogens with one attached hydrogen (secondary N) is 1. The van der Waals surface area contributed by atoms with Gasteiger partial charge < -0.3 is 15.0 Å². The quantitative estimate of drug-likeness (QED) is 0.564. The van der Waals surface area contributed by atoms with E-state index >= 15 is 0 Å². The van der Waals surface area contributed by atoms with E-state index in [1.165, 1.54) is 0 Å². The van der Waals surface area contributed by atoms with Gasteiger partial charge in [0, 0.05) is 19.5 Å². The highest BCUT2D eigenvalue weighted by Crippen LogP contribution is 2.18. The molecule has 1 amide bonds. The highest BCUT2D eigenvalue weighted by atomic mass is 16.5. The van der Waals surface area contributed by atoms with Gasteiger partial charge in [-0.25, -0.2) is 0 Å². The molecule has 0 spiro atoms. The van der Waals surface area contributed by atoms with E-state index in [0.29, 0.717) is 19.6 Å². The molecule has 1 heterocycles. The fourth-order valence-corrected chi connectivity index (χ4v) is 2.23. The second-order valence-electron chi connectivity index (χ2n) is 4.64. The molecule has 0 aliphatic carbocycles. The van der Waals surface area contributed by atoms with Crippen LogP contribution in [0.25, 0.3) is 0 Å². The van der Waals surface area contributed by atoms with E-state index in [2.05, 4.69) is 5.32 Å². The van der Waals surface area contributed by atoms with Crippen molar-refractivity contribution in [1.29, 1.82) is 0 Å². The van der Waals surface area contributed by atoms with E-state index in [1.54, 1.807) is 11.8 Å². The first-order valence-electron chi connectivity index (χ1n) is 6.78. The van der Waals surface area contributed by atoms with Gasteiger partial charge in [-0.2, -0.15) is 0 Å². The summed E-state index contributed by atoms with van der Waals surface area (Å²) in [7, 11) is 1.88. The van der Waals surface area contributed by atoms with Crippen LogP contribution in [0.1, 0.15) is 32.6 Å². The first-order chi connectivity index (χ1) is 8.69. The average Bonchev–Trinajstić information content (AvgIpc) is 2.39. The standard InChI is InChI=1S/C13H24N2O3/c1-3-18-13(17)11-6-5-9-15(10-11)12(16)7-4-8-14-2/h11,14H,3-10H2,1-2H3. The number of likely N-dealkylation sites (tertiary alicyclic amines) is 1. The van der Waals surface area contributed by atoms with Crippen molar-refractivity contribution in [2.45, 2.75) is 32.6 Å². The summed E-state index contributed by atoms with van der Waals surface area (Å²) in [6.07, 6.45) is 3.12. The van der Waals surface area contributed by atoms with Crippen molar-refractivity contribution in [3.05, 3.63) is 0 Å². The molecule has 1 unspecified atom stereocenters. The Bertz CT molecular complexity index is 281. The van der Waals surface area contributed by atoms with Crippen LogP contribution in [0.15, 0.2) is 0 Å². The van der Waals surface area contributed by atoms with Crippen molar-refractivity contribution in [3.8, 4) is 0 Å². The maximum absolute atomic E-state index is 11.9. The van der Waals surface area contributed by atoms with Gasteiger partial charge >= 0.3 is 5.97 Å². The molecule has 1 aliphatic rings. The number of amides is 1. The highest BCUT2D eigenvalue weighted by Gasteiger charge is 2.28. The molecule has 1 N–H and O–H groups in total. The highest BCUT2D eigenvalue weighted by molar-refractivity contribution is 5.78. The summed E-state index contributed by atoms with van der Waals surface area (Å²) in [5.74, 6) is -0.142. The Morgan fingerprint density at radius 1 is 1.44 bits per heavy atom. The van der Waals surface area contributed by atoms with Gasteiger partial charge in [0.2, 0.25) is 5.91 Å². The lowest BCUT2D eigenvalue weighted by Gasteiger charge is -2.31. The van der Waals surface area contributed by atoms with Crippen LogP contribution in [0.4, 0.5) is 0 Å². The largest absolute Gasteiger partial charge is 0.466 e. The van der Waals surface area contributed by atoms with Crippen molar-refractivity contribution in [3.63, 3.8) is 0 Å². The van der Waals surface area contributed by atoms with Crippen molar-refractivity contribution < 1.29 is 14.3 Å². The van der Waals surface area contributed by atoms with Gasteiger partial charge in [0.15, 0.2) is 0 Å². The monoisotopic (exact) mass is 256 g/mol. The summed E-state index contributed by atoms with van der Waals surface area (Å²) in [4.78, 5) is 25.4. The first-order valence-corrected chi connectivity index (χ1v) is 6.78. The van der Waals surface area contributed by atoms with E-state index in [4.69, 9.17) is 4.74 Å². The molecule has 0 radical (unpaired) electrons. The number of hydrogen-bond donors (Lipinski definition) is 1. The first kappa shape index (κ1) is 15.0. The SMILES string of the molecule is CCOC(=O)C1CCCN(C(=O)CCCNC)C1. The lowest BCUT2D eigenvalue weighted by Crippen LogP contribution is -2.42. The molecule has 0 bridgehead atoms. The summed E-state index contributed by atoms with van der Waals surface area (Å²) < 4.78 is 5.02. The third kappa shape index (κ3) is 4.64. The van der Waals surface area contributed by atoms with Crippen LogP contribution in [0, 0.1) is 5.92 Å². The summed E-state index contributed by atoms with van der Waals surface area (Å²) in [5, 5.41) is 3.02. The Morgan fingerprint density at radius 2 is 2.22 bits per heavy atom. The van der Waals surface area contributed by atoms with Gasteiger partial charge in [-0.3, -0.25) is 9.59 Å². The zero-order valence-corrected chi connectivity index (χ0v) is 11.4. The minimum atomic E-state index is -0.162. The maximum Gasteiger partial charge on any atom is 0.310 e. The Hall–Kier alpha value is -1.10. The van der Waals surface area contributed by atoms with Gasteiger partial charge in [0.1, 0.15) is 0 Å². The maximum atomic E-state index is 11.9. The normalized spacial score (nSPS) is 19.7. The zero-order valence-electron chi connectivity index (χ0n) is 11.4. The number of esters is 1. The Balaban J connectivity index is 2.38. The molecule has 0 aromatic carbocycles. The van der Waals surface area contributed by atoms with E-state index in [-0.39, 0.29) is 17.8 Å². The van der Waals surface area contributed by atoms with Crippen molar-refractivity contribution in [2.75, 3.05) is 33.3 Å². The van der Waals surface area contributed by atoms with Crippen LogP contribution in [0.3, 0.4) is 0 Å². The molecule has 5 heteroatoms. The van der Waals surface area contributed by atoms with Crippen LogP contribution < -0.4 is 5.32 Å². The third-order valence-corrected chi connectivity index (χ3v) is 3.21. The van der Waals surface area contributed by atoms with Crippen LogP contribution in [0.5, 0.6) is 0 Å². The third-order valence-electron chi connectivity index (χ3n) is 3.21. The number of rotatable bonds is 6. The molecule has 1 fully saturated rings. The predicted octanol–water partition coefficient (Wildman–Crippen LogP) is 0.788. The van der Waals surface area contributed by atoms with Crippen molar-refractivity contribution in [1.82, 2.24) is 10.2 Å². The van der Waals surface area contributed by atoms with E-state index in [1.807, 2.05) is 7.05 Å². The van der Waals surface area contributed by atoms with E-state index < -0.39 is 0 Å². The molecule has 1 rings (SSSR count). The van der Waals surface area contributed by atoms with Crippen LogP contribution >= 0.6 is 0 Å². The number of piperidine rings is 1. The zero-order chi connectivity index (χ0) is 13.4. The summed E-state index contributed by atoms with van der Waals surface area (Å²) in [6.45, 7) is 4.36. The topological polar surface area (TPSA) is 58.6 Å². The molecule has 1 saturated heterocycles. The van der Waals surface area contributed by atoms with Gasteiger partial charge in [-0.15, -0.1) is 0 Å². The van der Waals surface area contributed by atoms with Gasteiger partial charge in [0.05, 0.1) is 12.5 Å². The second-order valence-corrected chi connectivity index (χ2v) is 4.64. The number of carbonyl (C=O) groups is 2. The Kier molecular flexibility index (Phi) is 6.72. The molecule has 0 saturated carbocycles. The predicted molar refractivity (Wildman–Crippen MR) is 69.1 cm³/mol. The lowest BCUT2D eigenvalue weighted by molar-refractivity contribution is -0.151. The molecule has 104 valence electrons. The molecule has 0 aromatic rings. The lowest BCUT2D eigenvalue weighted by atomic mass is 9.98. The Labute approximate surface area is 109 Å². The van der Waals surface area contributed by atoms with Crippen LogP contribution in [0.2, 0.25) is 0 Å². The van der Waals surface area contributed by atoms with Gasteiger partial charge in [0.25, 0.3) is 0 Å². The number of hydrogen-bond acceptors (Lipinski definition) is 4. The number of carbonyl (C=O) groups excluding carboxylic acids is 2. The fraction of sp³-hybridized carbons (Fsp3) is 0.846. The molecule has 0 aromatic heterocycles. The van der Waals surface area contributed by atoms with Gasteiger partial charge in [-0.1, -0.05) is 0 Å². The second kappa shape index (κ2) is 8.08. The molecule has 1 aliphatic heterocycles. The van der Waals surface area contributed by atoms with Crippen molar-refractivity contribution in [2.24, 2.45) is 5.92 Å².